The lowest BCUT2D eigenvalue weighted by molar-refractivity contribution is -0.135. The van der Waals surface area contributed by atoms with Crippen LogP contribution in [-0.2, 0) is 15.8 Å². The van der Waals surface area contributed by atoms with Crippen molar-refractivity contribution in [1.82, 2.24) is 0 Å². The Labute approximate surface area is 172 Å². The van der Waals surface area contributed by atoms with Gasteiger partial charge in [-0.1, -0.05) is 57.0 Å². The van der Waals surface area contributed by atoms with Crippen LogP contribution in [0.4, 0.5) is 5.69 Å². The Bertz CT molecular complexity index is 1020. The van der Waals surface area contributed by atoms with Crippen molar-refractivity contribution in [2.45, 2.75) is 52.1 Å². The number of hydrogen-bond donors (Lipinski definition) is 1. The van der Waals surface area contributed by atoms with E-state index in [-0.39, 0.29) is 24.2 Å². The predicted octanol–water partition coefficient (Wildman–Crippen LogP) is 4.04. The Morgan fingerprint density at radius 2 is 1.76 bits per heavy atom. The first-order valence-electron chi connectivity index (χ1n) is 9.73. The van der Waals surface area contributed by atoms with Crippen LogP contribution in [0.3, 0.4) is 0 Å². The number of hydrogen-bond acceptors (Lipinski definition) is 3. The average molecular weight is 389 g/mol. The first-order valence-corrected chi connectivity index (χ1v) is 9.73. The Balaban J connectivity index is 2.01. The largest absolute Gasteiger partial charge is 0.375 e. The summed E-state index contributed by atoms with van der Waals surface area (Å²) < 4.78 is 0. The molecule has 1 heterocycles. The van der Waals surface area contributed by atoms with Gasteiger partial charge in [0.15, 0.2) is 11.4 Å². The number of carbonyl (C=O) groups excluding carboxylic acids is 2. The van der Waals surface area contributed by atoms with Gasteiger partial charge in [0.25, 0.3) is 5.91 Å². The molecule has 0 aromatic heterocycles. The van der Waals surface area contributed by atoms with Gasteiger partial charge in [-0.05, 0) is 42.0 Å². The molecule has 0 unspecified atom stereocenters. The summed E-state index contributed by atoms with van der Waals surface area (Å²) in [5.74, 6) is 1.65. The van der Waals surface area contributed by atoms with E-state index in [4.69, 9.17) is 6.42 Å². The van der Waals surface area contributed by atoms with Gasteiger partial charge in [0.05, 0.1) is 18.7 Å². The van der Waals surface area contributed by atoms with Crippen molar-refractivity contribution in [3.05, 3.63) is 64.2 Å². The van der Waals surface area contributed by atoms with E-state index in [0.717, 1.165) is 16.7 Å². The van der Waals surface area contributed by atoms with Crippen LogP contribution < -0.4 is 4.90 Å². The van der Waals surface area contributed by atoms with E-state index >= 15 is 0 Å². The molecule has 1 aliphatic rings. The van der Waals surface area contributed by atoms with Gasteiger partial charge in [0.2, 0.25) is 0 Å². The summed E-state index contributed by atoms with van der Waals surface area (Å²) in [4.78, 5) is 27.6. The standard InChI is InChI=1S/C25H27NO3/c1-7-12-26-20-11-9-8-10-19(20)25(29,23(26)28)15-21(27)22-16(2)13-18(14-17(22)3)24(4,5)6/h1,8-11,13-14,29H,12,15H2,2-6H3/t25-/m0/s1. The topological polar surface area (TPSA) is 57.6 Å². The molecule has 1 atom stereocenters. The number of carbonyl (C=O) groups is 2. The first-order chi connectivity index (χ1) is 13.5. The summed E-state index contributed by atoms with van der Waals surface area (Å²) in [5.41, 5.74) is 2.44. The molecule has 150 valence electrons. The maximum absolute atomic E-state index is 13.3. The van der Waals surface area contributed by atoms with Crippen molar-refractivity contribution < 1.29 is 14.7 Å². The summed E-state index contributed by atoms with van der Waals surface area (Å²) in [6.45, 7) is 10.2. The van der Waals surface area contributed by atoms with Crippen molar-refractivity contribution >= 4 is 17.4 Å². The summed E-state index contributed by atoms with van der Waals surface area (Å²) >= 11 is 0. The molecule has 3 rings (SSSR count). The molecule has 2 aromatic rings. The molecule has 0 bridgehead atoms. The van der Waals surface area contributed by atoms with Crippen LogP contribution in [0.2, 0.25) is 0 Å². The molecule has 0 spiro atoms. The van der Waals surface area contributed by atoms with E-state index in [1.54, 1.807) is 24.3 Å². The van der Waals surface area contributed by atoms with Crippen molar-refractivity contribution in [2.75, 3.05) is 11.4 Å². The van der Waals surface area contributed by atoms with Gasteiger partial charge in [-0.15, -0.1) is 6.42 Å². The number of fused-ring (bicyclic) bond motifs is 1. The number of nitrogens with zero attached hydrogens (tertiary/aromatic N) is 1. The van der Waals surface area contributed by atoms with E-state index in [9.17, 15) is 14.7 Å². The molecule has 4 nitrogen and oxygen atoms in total. The molecular weight excluding hydrogens is 362 g/mol. The fourth-order valence-electron chi connectivity index (χ4n) is 4.08. The quantitative estimate of drug-likeness (QED) is 0.634. The molecule has 4 heteroatoms. The van der Waals surface area contributed by atoms with Gasteiger partial charge in [-0.3, -0.25) is 14.5 Å². The number of aryl methyl sites for hydroxylation is 2. The van der Waals surface area contributed by atoms with Crippen LogP contribution >= 0.6 is 0 Å². The summed E-state index contributed by atoms with van der Waals surface area (Å²) in [7, 11) is 0. The summed E-state index contributed by atoms with van der Waals surface area (Å²) in [5, 5.41) is 11.3. The zero-order chi connectivity index (χ0) is 21.6. The second-order valence-electron chi connectivity index (χ2n) is 8.81. The number of aliphatic hydroxyl groups is 1. The number of amides is 1. The lowest BCUT2D eigenvalue weighted by Gasteiger charge is -2.24. The van der Waals surface area contributed by atoms with E-state index < -0.39 is 11.5 Å². The molecule has 0 fully saturated rings. The van der Waals surface area contributed by atoms with Crippen LogP contribution in [-0.4, -0.2) is 23.3 Å². The van der Waals surface area contributed by atoms with Crippen molar-refractivity contribution in [3.63, 3.8) is 0 Å². The number of benzene rings is 2. The Kier molecular flexibility index (Phi) is 5.15. The molecule has 1 amide bonds. The average Bonchev–Trinajstić information content (AvgIpc) is 2.83. The minimum atomic E-state index is -1.91. The molecular formula is C25H27NO3. The molecule has 29 heavy (non-hydrogen) atoms. The van der Waals surface area contributed by atoms with Gasteiger partial charge in [0, 0.05) is 11.1 Å². The highest BCUT2D eigenvalue weighted by atomic mass is 16.3. The van der Waals surface area contributed by atoms with E-state index in [2.05, 4.69) is 26.7 Å². The minimum Gasteiger partial charge on any atom is -0.375 e. The lowest BCUT2D eigenvalue weighted by Crippen LogP contribution is -2.42. The molecule has 2 aromatic carbocycles. The highest BCUT2D eigenvalue weighted by molar-refractivity contribution is 6.11. The SMILES string of the molecule is C#CCN1C(=O)[C@](O)(CC(=O)c2c(C)cc(C(C)(C)C)cc2C)c2ccccc21. The minimum absolute atomic E-state index is 0.0363. The van der Waals surface area contributed by atoms with Crippen LogP contribution in [0.25, 0.3) is 0 Å². The number of anilines is 1. The monoisotopic (exact) mass is 389 g/mol. The number of Topliss-reactive ketones (excluding diaryl/α,β-unsaturated/α-hetero) is 1. The zero-order valence-electron chi connectivity index (χ0n) is 17.7. The summed E-state index contributed by atoms with van der Waals surface area (Å²) in [6, 6.07) is 11.0. The van der Waals surface area contributed by atoms with Crippen LogP contribution in [0.5, 0.6) is 0 Å². The Morgan fingerprint density at radius 1 is 1.17 bits per heavy atom. The third-order valence-electron chi connectivity index (χ3n) is 5.58. The highest BCUT2D eigenvalue weighted by Crippen LogP contribution is 2.43. The molecule has 0 saturated heterocycles. The van der Waals surface area contributed by atoms with Crippen molar-refractivity contribution in [3.8, 4) is 12.3 Å². The van der Waals surface area contributed by atoms with Gasteiger partial charge < -0.3 is 5.11 Å². The fraction of sp³-hybridized carbons (Fsp3) is 0.360. The maximum Gasteiger partial charge on any atom is 0.265 e. The highest BCUT2D eigenvalue weighted by Gasteiger charge is 2.50. The van der Waals surface area contributed by atoms with E-state index in [1.165, 1.54) is 4.90 Å². The Hall–Kier alpha value is -2.90. The molecule has 0 aliphatic carbocycles. The third kappa shape index (κ3) is 3.47. The van der Waals surface area contributed by atoms with Crippen molar-refractivity contribution in [1.29, 1.82) is 0 Å². The van der Waals surface area contributed by atoms with Gasteiger partial charge in [-0.25, -0.2) is 0 Å². The van der Waals surface area contributed by atoms with Crippen LogP contribution in [0.1, 0.15) is 59.8 Å². The smallest absolute Gasteiger partial charge is 0.265 e. The van der Waals surface area contributed by atoms with Gasteiger partial charge >= 0.3 is 0 Å². The molecule has 1 aliphatic heterocycles. The van der Waals surface area contributed by atoms with Gasteiger partial charge in [0.1, 0.15) is 0 Å². The van der Waals surface area contributed by atoms with Crippen molar-refractivity contribution in [2.24, 2.45) is 0 Å². The fourth-order valence-corrected chi connectivity index (χ4v) is 4.08. The second kappa shape index (κ2) is 7.17. The number of rotatable bonds is 4. The zero-order valence-corrected chi connectivity index (χ0v) is 17.7. The molecule has 0 radical (unpaired) electrons. The van der Waals surface area contributed by atoms with E-state index in [0.29, 0.717) is 16.8 Å². The first kappa shape index (κ1) is 20.8. The summed E-state index contributed by atoms with van der Waals surface area (Å²) in [6.07, 6.45) is 5.09. The predicted molar refractivity (Wildman–Crippen MR) is 115 cm³/mol. The second-order valence-corrected chi connectivity index (χ2v) is 8.81. The third-order valence-corrected chi connectivity index (χ3v) is 5.58. The number of terminal acetylenes is 1. The van der Waals surface area contributed by atoms with E-state index in [1.807, 2.05) is 26.0 Å². The number of ketones is 1. The molecule has 1 N–H and O–H groups in total. The Morgan fingerprint density at radius 3 is 2.31 bits per heavy atom. The maximum atomic E-state index is 13.3. The van der Waals surface area contributed by atoms with Gasteiger partial charge in [-0.2, -0.15) is 0 Å². The number of para-hydroxylation sites is 1. The van der Waals surface area contributed by atoms with Crippen LogP contribution in [0.15, 0.2) is 36.4 Å². The molecule has 0 saturated carbocycles. The van der Waals surface area contributed by atoms with Crippen LogP contribution in [0, 0.1) is 26.2 Å². The normalized spacial score (nSPS) is 18.5. The lowest BCUT2D eigenvalue weighted by atomic mass is 9.81.